The van der Waals surface area contributed by atoms with Crippen LogP contribution in [0.4, 0.5) is 14.5 Å². The number of anilines is 1. The quantitative estimate of drug-likeness (QED) is 0.858. The van der Waals surface area contributed by atoms with E-state index in [9.17, 15) is 8.78 Å². The van der Waals surface area contributed by atoms with E-state index in [0.717, 1.165) is 11.6 Å². The van der Waals surface area contributed by atoms with Gasteiger partial charge in [-0.25, -0.2) is 8.78 Å². The lowest BCUT2D eigenvalue weighted by Gasteiger charge is -2.07. The van der Waals surface area contributed by atoms with Crippen molar-refractivity contribution >= 4 is 17.3 Å². The van der Waals surface area contributed by atoms with E-state index < -0.39 is 11.6 Å². The topological polar surface area (TPSA) is 24.9 Å². The fourth-order valence-electron chi connectivity index (χ4n) is 1.33. The Labute approximate surface area is 110 Å². The Morgan fingerprint density at radius 1 is 1.22 bits per heavy atom. The molecule has 96 valence electrons. The molecule has 0 aliphatic heterocycles. The predicted molar refractivity (Wildman–Crippen MR) is 69.7 cm³/mol. The Morgan fingerprint density at radius 3 is 2.61 bits per heavy atom. The highest BCUT2D eigenvalue weighted by Crippen LogP contribution is 2.15. The lowest BCUT2D eigenvalue weighted by atomic mass is 10.2. The van der Waals surface area contributed by atoms with Crippen molar-refractivity contribution in [2.75, 3.05) is 11.7 Å². The number of hydrogen-bond donors (Lipinski definition) is 1. The van der Waals surface area contributed by atoms with Crippen molar-refractivity contribution in [3.8, 4) is 0 Å². The molecule has 0 saturated heterocycles. The van der Waals surface area contributed by atoms with Gasteiger partial charge in [-0.15, -0.1) is 11.6 Å². The maximum Gasteiger partial charge on any atom is 0.149 e. The molecule has 0 atom stereocenters. The summed E-state index contributed by atoms with van der Waals surface area (Å²) >= 11 is 4.64. The van der Waals surface area contributed by atoms with E-state index in [1.165, 1.54) is 18.5 Å². The van der Waals surface area contributed by atoms with Crippen LogP contribution in [0.2, 0.25) is 0 Å². The van der Waals surface area contributed by atoms with Gasteiger partial charge in [0.25, 0.3) is 0 Å². The molecule has 0 unspecified atom stereocenters. The first-order valence-electron chi connectivity index (χ1n) is 5.21. The van der Waals surface area contributed by atoms with Crippen molar-refractivity contribution in [3.63, 3.8) is 0 Å². The molecule has 0 aliphatic rings. The Morgan fingerprint density at radius 2 is 2.00 bits per heavy atom. The van der Waals surface area contributed by atoms with Crippen molar-refractivity contribution in [2.24, 2.45) is 0 Å². The number of aromatic nitrogens is 1. The van der Waals surface area contributed by atoms with Crippen molar-refractivity contribution in [1.82, 2.24) is 4.98 Å². The summed E-state index contributed by atoms with van der Waals surface area (Å²) in [6.45, 7) is 0.455. The van der Waals surface area contributed by atoms with Crippen molar-refractivity contribution in [2.45, 2.75) is 6.54 Å². The number of nitrogens with one attached hydrogen (secondary N) is 1. The highest BCUT2D eigenvalue weighted by atomic mass is 35.5. The molecular formula is C13H13ClF2N2. The lowest BCUT2D eigenvalue weighted by Crippen LogP contribution is -2.01. The van der Waals surface area contributed by atoms with E-state index in [-0.39, 0.29) is 5.69 Å². The zero-order valence-electron chi connectivity index (χ0n) is 9.83. The standard InChI is InChI=1S/C12H10F2N2.CH3Cl/c13-10-3-4-12(11(14)6-10)16-8-9-2-1-5-15-7-9;1-2/h1-7,16H,8H2;1H3. The van der Waals surface area contributed by atoms with Crippen LogP contribution < -0.4 is 5.32 Å². The van der Waals surface area contributed by atoms with E-state index >= 15 is 0 Å². The van der Waals surface area contributed by atoms with E-state index in [1.807, 2.05) is 6.07 Å². The second-order valence-corrected chi connectivity index (χ2v) is 3.34. The largest absolute Gasteiger partial charge is 0.379 e. The minimum atomic E-state index is -0.594. The maximum atomic E-state index is 13.2. The third-order valence-corrected chi connectivity index (χ3v) is 2.14. The van der Waals surface area contributed by atoms with Gasteiger partial charge in [-0.2, -0.15) is 0 Å². The predicted octanol–water partition coefficient (Wildman–Crippen LogP) is 3.83. The first-order valence-corrected chi connectivity index (χ1v) is 5.97. The van der Waals surface area contributed by atoms with Crippen molar-refractivity contribution in [3.05, 3.63) is 59.9 Å². The third kappa shape index (κ3) is 4.30. The fraction of sp³-hybridized carbons (Fsp3) is 0.154. The Hall–Kier alpha value is -1.68. The smallest absolute Gasteiger partial charge is 0.149 e. The van der Waals surface area contributed by atoms with Gasteiger partial charge in [0.2, 0.25) is 0 Å². The number of benzene rings is 1. The highest BCUT2D eigenvalue weighted by molar-refractivity contribution is 6.15. The van der Waals surface area contributed by atoms with Gasteiger partial charge in [0.1, 0.15) is 11.6 Å². The van der Waals surface area contributed by atoms with Crippen LogP contribution in [0.3, 0.4) is 0 Å². The third-order valence-electron chi connectivity index (χ3n) is 2.14. The minimum Gasteiger partial charge on any atom is -0.379 e. The van der Waals surface area contributed by atoms with Crippen LogP contribution in [0.15, 0.2) is 42.7 Å². The number of pyridine rings is 1. The Kier molecular flexibility index (Phi) is 6.08. The Balaban J connectivity index is 0.000000771. The average molecular weight is 271 g/mol. The molecule has 0 radical (unpaired) electrons. The molecule has 1 aromatic carbocycles. The van der Waals surface area contributed by atoms with Gasteiger partial charge in [0, 0.05) is 31.4 Å². The van der Waals surface area contributed by atoms with Crippen molar-refractivity contribution in [1.29, 1.82) is 0 Å². The maximum absolute atomic E-state index is 13.2. The summed E-state index contributed by atoms with van der Waals surface area (Å²) in [5.74, 6) is -1.17. The van der Waals surface area contributed by atoms with Crippen LogP contribution in [0.25, 0.3) is 0 Å². The summed E-state index contributed by atoms with van der Waals surface area (Å²) in [6.07, 6.45) is 4.83. The molecule has 0 spiro atoms. The number of nitrogens with zero attached hydrogens (tertiary/aromatic N) is 1. The van der Waals surface area contributed by atoms with Gasteiger partial charge in [-0.05, 0) is 23.8 Å². The number of alkyl halides is 1. The average Bonchev–Trinajstić information content (AvgIpc) is 2.41. The van der Waals surface area contributed by atoms with E-state index in [2.05, 4.69) is 21.9 Å². The number of halogens is 3. The summed E-state index contributed by atoms with van der Waals surface area (Å²) in [5.41, 5.74) is 1.22. The summed E-state index contributed by atoms with van der Waals surface area (Å²) in [5, 5.41) is 2.87. The van der Waals surface area contributed by atoms with Crippen LogP contribution in [0.1, 0.15) is 5.56 Å². The second kappa shape index (κ2) is 7.61. The molecule has 2 nitrogen and oxygen atoms in total. The summed E-state index contributed by atoms with van der Waals surface area (Å²) < 4.78 is 25.9. The molecule has 2 aromatic rings. The van der Waals surface area contributed by atoms with Crippen LogP contribution in [0.5, 0.6) is 0 Å². The highest BCUT2D eigenvalue weighted by Gasteiger charge is 2.02. The molecule has 1 aromatic heterocycles. The minimum absolute atomic E-state index is 0.283. The van der Waals surface area contributed by atoms with Crippen LogP contribution >= 0.6 is 11.6 Å². The zero-order valence-corrected chi connectivity index (χ0v) is 10.6. The first-order chi connectivity index (χ1) is 8.75. The summed E-state index contributed by atoms with van der Waals surface area (Å²) in [4.78, 5) is 3.94. The monoisotopic (exact) mass is 270 g/mol. The van der Waals surface area contributed by atoms with Crippen LogP contribution in [0, 0.1) is 11.6 Å². The van der Waals surface area contributed by atoms with Gasteiger partial charge in [0.15, 0.2) is 0 Å². The molecule has 2 rings (SSSR count). The molecule has 5 heteroatoms. The molecule has 0 fully saturated rings. The first kappa shape index (κ1) is 14.4. The summed E-state index contributed by atoms with van der Waals surface area (Å²) in [7, 11) is 0. The fourth-order valence-corrected chi connectivity index (χ4v) is 1.33. The van der Waals surface area contributed by atoms with E-state index in [4.69, 9.17) is 0 Å². The molecule has 1 N–H and O–H groups in total. The zero-order chi connectivity index (χ0) is 13.4. The van der Waals surface area contributed by atoms with E-state index in [1.54, 1.807) is 18.5 Å². The summed E-state index contributed by atoms with van der Waals surface area (Å²) in [6, 6.07) is 7.13. The van der Waals surface area contributed by atoms with Gasteiger partial charge >= 0.3 is 0 Å². The van der Waals surface area contributed by atoms with Crippen LogP contribution in [-0.4, -0.2) is 11.4 Å². The van der Waals surface area contributed by atoms with Gasteiger partial charge in [0.05, 0.1) is 5.69 Å². The van der Waals surface area contributed by atoms with Gasteiger partial charge in [-0.1, -0.05) is 6.07 Å². The molecule has 0 aliphatic carbocycles. The lowest BCUT2D eigenvalue weighted by molar-refractivity contribution is 0.585. The number of hydrogen-bond acceptors (Lipinski definition) is 2. The van der Waals surface area contributed by atoms with Crippen molar-refractivity contribution < 1.29 is 8.78 Å². The van der Waals surface area contributed by atoms with E-state index in [0.29, 0.717) is 6.54 Å². The molecule has 0 amide bonds. The van der Waals surface area contributed by atoms with Gasteiger partial charge < -0.3 is 5.32 Å². The second-order valence-electron chi connectivity index (χ2n) is 3.34. The molecular weight excluding hydrogens is 258 g/mol. The van der Waals surface area contributed by atoms with Gasteiger partial charge in [-0.3, -0.25) is 4.98 Å². The number of rotatable bonds is 3. The molecule has 0 bridgehead atoms. The normalized spacial score (nSPS) is 9.33. The molecule has 0 saturated carbocycles. The molecule has 1 heterocycles. The molecule has 18 heavy (non-hydrogen) atoms. The SMILES string of the molecule is CCl.Fc1ccc(NCc2cccnc2)c(F)c1. The van der Waals surface area contributed by atoms with Crippen LogP contribution in [-0.2, 0) is 6.54 Å². The Bertz CT molecular complexity index is 478.